The number of non-ortho nitro benzene ring substituents is 1. The molecule has 0 aliphatic carbocycles. The molecule has 0 bridgehead atoms. The number of hydrogen-bond donors (Lipinski definition) is 0. The zero-order chi connectivity index (χ0) is 22.2. The number of nitro groups is 1. The highest BCUT2D eigenvalue weighted by molar-refractivity contribution is 6.19. The van der Waals surface area contributed by atoms with Gasteiger partial charge in [-0.15, -0.1) is 0 Å². The molecule has 3 rings (SSSR count). The number of hydrogen-bond acceptors (Lipinski definition) is 6. The van der Waals surface area contributed by atoms with E-state index in [9.17, 15) is 19.7 Å². The van der Waals surface area contributed by atoms with E-state index in [1.54, 1.807) is 6.07 Å². The van der Waals surface area contributed by atoms with E-state index in [1.807, 2.05) is 6.07 Å². The summed E-state index contributed by atoms with van der Waals surface area (Å²) in [5.41, 5.74) is 1.54. The summed E-state index contributed by atoms with van der Waals surface area (Å²) in [7, 11) is 0. The van der Waals surface area contributed by atoms with E-state index in [0.717, 1.165) is 25.9 Å². The summed E-state index contributed by atoms with van der Waals surface area (Å²) in [5.74, 6) is -0.597. The van der Waals surface area contributed by atoms with Crippen LogP contribution in [0.2, 0.25) is 0 Å². The maximum absolute atomic E-state index is 12.4. The Balaban J connectivity index is 1.51. The highest BCUT2D eigenvalue weighted by atomic mass is 16.6. The maximum atomic E-state index is 12.4. The number of Topliss-reactive ketones (excluding diaryl/α,β-unsaturated/α-hetero) is 1. The molecule has 31 heavy (non-hydrogen) atoms. The van der Waals surface area contributed by atoms with Crippen molar-refractivity contribution >= 4 is 23.5 Å². The number of carbonyl (C=O) groups excluding carboxylic acids is 2. The van der Waals surface area contributed by atoms with Gasteiger partial charge in [-0.1, -0.05) is 42.5 Å². The van der Waals surface area contributed by atoms with Crippen LogP contribution in [-0.2, 0) is 14.3 Å². The van der Waals surface area contributed by atoms with Crippen molar-refractivity contribution in [3.8, 4) is 0 Å². The molecule has 1 aliphatic rings. The van der Waals surface area contributed by atoms with Gasteiger partial charge < -0.3 is 4.74 Å². The minimum absolute atomic E-state index is 0.107. The van der Waals surface area contributed by atoms with Crippen molar-refractivity contribution in [2.45, 2.75) is 25.7 Å². The number of nitro benzene ring substituents is 1. The van der Waals surface area contributed by atoms with Gasteiger partial charge >= 0.3 is 5.97 Å². The van der Waals surface area contributed by atoms with Crippen molar-refractivity contribution < 1.29 is 19.2 Å². The molecule has 0 saturated carbocycles. The first-order valence-corrected chi connectivity index (χ1v) is 10.4. The Labute approximate surface area is 181 Å². The Morgan fingerprint density at radius 2 is 1.84 bits per heavy atom. The number of benzene rings is 2. The van der Waals surface area contributed by atoms with Crippen molar-refractivity contribution in [2.75, 3.05) is 26.2 Å². The summed E-state index contributed by atoms with van der Waals surface area (Å²) >= 11 is 0. The van der Waals surface area contributed by atoms with Gasteiger partial charge in [0.2, 0.25) is 0 Å². The molecule has 0 unspecified atom stereocenters. The number of ether oxygens (including phenoxy) is 1. The molecule has 0 spiro atoms. The summed E-state index contributed by atoms with van der Waals surface area (Å²) < 4.78 is 5.33. The van der Waals surface area contributed by atoms with Gasteiger partial charge in [-0.25, -0.2) is 4.79 Å². The Kier molecular flexibility index (Phi) is 7.67. The Hall–Kier alpha value is -3.32. The monoisotopic (exact) mass is 422 g/mol. The first-order valence-electron chi connectivity index (χ1n) is 10.4. The molecule has 1 aliphatic heterocycles. The standard InChI is InChI=1S/C24H26N2O5/c1-18(27)23(17-19-6-5-9-22(16-19)26(29)30)24(28)31-15-14-25-12-10-21(11-13-25)20-7-3-2-4-8-20/h2-9,16-17,21H,10-15H2,1H3. The second-order valence-electron chi connectivity index (χ2n) is 7.63. The van der Waals surface area contributed by atoms with Gasteiger partial charge in [-0.2, -0.15) is 0 Å². The van der Waals surface area contributed by atoms with Crippen LogP contribution in [0.25, 0.3) is 6.08 Å². The Morgan fingerprint density at radius 1 is 1.13 bits per heavy atom. The quantitative estimate of drug-likeness (QED) is 0.160. The van der Waals surface area contributed by atoms with E-state index in [4.69, 9.17) is 4.74 Å². The molecule has 1 fully saturated rings. The number of piperidine rings is 1. The van der Waals surface area contributed by atoms with Crippen LogP contribution in [0.3, 0.4) is 0 Å². The second kappa shape index (κ2) is 10.6. The number of esters is 1. The van der Waals surface area contributed by atoms with E-state index in [2.05, 4.69) is 29.2 Å². The summed E-state index contributed by atoms with van der Waals surface area (Å²) in [6.07, 6.45) is 3.45. The van der Waals surface area contributed by atoms with Crippen molar-refractivity contribution in [3.63, 3.8) is 0 Å². The van der Waals surface area contributed by atoms with Crippen LogP contribution in [0.15, 0.2) is 60.2 Å². The van der Waals surface area contributed by atoms with E-state index in [1.165, 1.54) is 36.8 Å². The highest BCUT2D eigenvalue weighted by Gasteiger charge is 2.21. The molecule has 162 valence electrons. The molecule has 0 amide bonds. The average Bonchev–Trinajstić information content (AvgIpc) is 2.78. The van der Waals surface area contributed by atoms with Gasteiger partial charge in [-0.3, -0.25) is 19.8 Å². The molecule has 2 aromatic rings. The molecular formula is C24H26N2O5. The van der Waals surface area contributed by atoms with Gasteiger partial charge in [0.05, 0.1) is 4.92 Å². The number of carbonyl (C=O) groups is 2. The molecule has 2 aromatic carbocycles. The molecule has 7 nitrogen and oxygen atoms in total. The first-order chi connectivity index (χ1) is 14.9. The number of nitrogens with zero attached hydrogens (tertiary/aromatic N) is 2. The summed E-state index contributed by atoms with van der Waals surface area (Å²) in [6, 6.07) is 16.3. The largest absolute Gasteiger partial charge is 0.461 e. The predicted octanol–water partition coefficient (Wildman–Crippen LogP) is 3.99. The fourth-order valence-corrected chi connectivity index (χ4v) is 3.76. The smallest absolute Gasteiger partial charge is 0.341 e. The van der Waals surface area contributed by atoms with E-state index in [-0.39, 0.29) is 17.9 Å². The summed E-state index contributed by atoms with van der Waals surface area (Å²) in [5, 5.41) is 10.9. The molecular weight excluding hydrogens is 396 g/mol. The third-order valence-electron chi connectivity index (χ3n) is 5.49. The minimum Gasteiger partial charge on any atom is -0.461 e. The Bertz CT molecular complexity index is 963. The number of likely N-dealkylation sites (tertiary alicyclic amines) is 1. The van der Waals surface area contributed by atoms with E-state index in [0.29, 0.717) is 18.0 Å². The van der Waals surface area contributed by atoms with Gasteiger partial charge in [0.1, 0.15) is 12.2 Å². The maximum Gasteiger partial charge on any atom is 0.341 e. The van der Waals surface area contributed by atoms with Crippen molar-refractivity contribution in [1.82, 2.24) is 4.90 Å². The van der Waals surface area contributed by atoms with Gasteiger partial charge in [0.15, 0.2) is 5.78 Å². The van der Waals surface area contributed by atoms with Crippen LogP contribution < -0.4 is 0 Å². The van der Waals surface area contributed by atoms with E-state index >= 15 is 0 Å². The second-order valence-corrected chi connectivity index (χ2v) is 7.63. The van der Waals surface area contributed by atoms with Gasteiger partial charge in [-0.05, 0) is 56.0 Å². The summed E-state index contributed by atoms with van der Waals surface area (Å²) in [4.78, 5) is 37.0. The molecule has 7 heteroatoms. The highest BCUT2D eigenvalue weighted by Crippen LogP contribution is 2.27. The predicted molar refractivity (Wildman–Crippen MR) is 118 cm³/mol. The normalized spacial score (nSPS) is 15.5. The first kappa shape index (κ1) is 22.4. The zero-order valence-corrected chi connectivity index (χ0v) is 17.5. The minimum atomic E-state index is -0.710. The fourth-order valence-electron chi connectivity index (χ4n) is 3.76. The third kappa shape index (κ3) is 6.33. The van der Waals surface area contributed by atoms with Gasteiger partial charge in [0.25, 0.3) is 5.69 Å². The molecule has 0 atom stereocenters. The zero-order valence-electron chi connectivity index (χ0n) is 17.5. The van der Waals surface area contributed by atoms with E-state index < -0.39 is 16.7 Å². The van der Waals surface area contributed by atoms with Crippen LogP contribution in [0.4, 0.5) is 5.69 Å². The molecule has 1 heterocycles. The molecule has 1 saturated heterocycles. The third-order valence-corrected chi connectivity index (χ3v) is 5.49. The Morgan fingerprint density at radius 3 is 2.48 bits per heavy atom. The van der Waals surface area contributed by atoms with Crippen LogP contribution in [-0.4, -0.2) is 47.8 Å². The van der Waals surface area contributed by atoms with Crippen LogP contribution in [0.1, 0.15) is 36.8 Å². The summed E-state index contributed by atoms with van der Waals surface area (Å²) in [6.45, 7) is 3.93. The van der Waals surface area contributed by atoms with Crippen molar-refractivity contribution in [2.24, 2.45) is 0 Å². The molecule has 0 radical (unpaired) electrons. The lowest BCUT2D eigenvalue weighted by atomic mass is 9.89. The van der Waals surface area contributed by atoms with Crippen LogP contribution in [0.5, 0.6) is 0 Å². The van der Waals surface area contributed by atoms with Crippen molar-refractivity contribution in [3.05, 3.63) is 81.4 Å². The van der Waals surface area contributed by atoms with Gasteiger partial charge in [0, 0.05) is 18.7 Å². The topological polar surface area (TPSA) is 89.8 Å². The van der Waals surface area contributed by atoms with Crippen LogP contribution in [0, 0.1) is 10.1 Å². The van der Waals surface area contributed by atoms with Crippen LogP contribution >= 0.6 is 0 Å². The SMILES string of the molecule is CC(=O)C(=Cc1cccc([N+](=O)[O-])c1)C(=O)OCCN1CCC(c2ccccc2)CC1. The number of ketones is 1. The van der Waals surface area contributed by atoms with Crippen molar-refractivity contribution in [1.29, 1.82) is 0 Å². The lowest BCUT2D eigenvalue weighted by Crippen LogP contribution is -2.35. The lowest BCUT2D eigenvalue weighted by molar-refractivity contribution is -0.384. The molecule has 0 aromatic heterocycles. The lowest BCUT2D eigenvalue weighted by Gasteiger charge is -2.32. The fraction of sp³-hybridized carbons (Fsp3) is 0.333. The number of rotatable bonds is 8. The molecule has 0 N–H and O–H groups in total. The average molecular weight is 422 g/mol.